The molecule has 2 aromatic rings. The van der Waals surface area contributed by atoms with Gasteiger partial charge in [0.15, 0.2) is 11.5 Å². The summed E-state index contributed by atoms with van der Waals surface area (Å²) < 4.78 is 24.0. The summed E-state index contributed by atoms with van der Waals surface area (Å²) >= 11 is 5.31. The Bertz CT molecular complexity index is 890. The summed E-state index contributed by atoms with van der Waals surface area (Å²) in [5.74, 6) is 1.76. The molecule has 1 aromatic carbocycles. The lowest BCUT2D eigenvalue weighted by Crippen LogP contribution is -2.49. The lowest BCUT2D eigenvalue weighted by atomic mass is 10.2. The van der Waals surface area contributed by atoms with Crippen LogP contribution in [0.4, 0.5) is 4.79 Å². The van der Waals surface area contributed by atoms with Crippen LogP contribution in [0.1, 0.15) is 18.9 Å². The highest BCUT2D eigenvalue weighted by atomic mass is 32.1. The Hall–Kier alpha value is -2.59. The number of carbonyl (C=O) groups is 1. The van der Waals surface area contributed by atoms with Crippen molar-refractivity contribution in [3.8, 4) is 11.5 Å². The average Bonchev–Trinajstić information content (AvgIpc) is 3.08. The summed E-state index contributed by atoms with van der Waals surface area (Å²) in [7, 11) is 0. The second-order valence-corrected chi connectivity index (χ2v) is 6.86. The zero-order valence-corrected chi connectivity index (χ0v) is 16.4. The molecular formula is C18H22N4O5S. The molecule has 0 N–H and O–H groups in total. The first-order chi connectivity index (χ1) is 13.6. The van der Waals surface area contributed by atoms with E-state index >= 15 is 0 Å². The normalized spacial score (nSPS) is 19.5. The molecule has 2 aliphatic heterocycles. The van der Waals surface area contributed by atoms with Gasteiger partial charge in [0.1, 0.15) is 6.61 Å². The third-order valence-corrected chi connectivity index (χ3v) is 4.93. The zero-order chi connectivity index (χ0) is 19.5. The molecule has 9 nitrogen and oxygen atoms in total. The number of piperazine rings is 1. The summed E-state index contributed by atoms with van der Waals surface area (Å²) in [5, 5.41) is 4.48. The molecule has 1 fully saturated rings. The van der Waals surface area contributed by atoms with Crippen molar-refractivity contribution in [3.63, 3.8) is 0 Å². The number of amides is 1. The Morgan fingerprint density at radius 3 is 2.75 bits per heavy atom. The number of hydrogen-bond donors (Lipinski definition) is 0. The van der Waals surface area contributed by atoms with Gasteiger partial charge in [-0.1, -0.05) is 12.1 Å². The first kappa shape index (κ1) is 18.8. The Kier molecular flexibility index (Phi) is 5.49. The highest BCUT2D eigenvalue weighted by Crippen LogP contribution is 2.35. The second kappa shape index (κ2) is 8.19. The molecule has 4 rings (SSSR count). The van der Waals surface area contributed by atoms with Crippen LogP contribution in [0.15, 0.2) is 28.7 Å². The third-order valence-electron chi connectivity index (χ3n) is 4.64. The molecule has 2 aliphatic rings. The number of ether oxygens (including phenoxy) is 3. The van der Waals surface area contributed by atoms with Crippen molar-refractivity contribution >= 4 is 18.3 Å². The van der Waals surface area contributed by atoms with Gasteiger partial charge in [0.05, 0.1) is 13.3 Å². The summed E-state index contributed by atoms with van der Waals surface area (Å²) in [6.07, 6.45) is -0.712. The third kappa shape index (κ3) is 3.97. The molecule has 150 valence electrons. The van der Waals surface area contributed by atoms with Gasteiger partial charge in [-0.05, 0) is 31.3 Å². The summed E-state index contributed by atoms with van der Waals surface area (Å²) in [5.41, 5.74) is 0. The van der Waals surface area contributed by atoms with Gasteiger partial charge in [-0.25, -0.2) is 9.48 Å². The minimum atomic E-state index is -0.446. The van der Waals surface area contributed by atoms with Gasteiger partial charge in [0.2, 0.25) is 6.10 Å². The number of carbonyl (C=O) groups excluding carboxylic acids is 1. The summed E-state index contributed by atoms with van der Waals surface area (Å²) in [6.45, 7) is 5.61. The maximum absolute atomic E-state index is 11.8. The van der Waals surface area contributed by atoms with Crippen LogP contribution < -0.4 is 9.47 Å². The van der Waals surface area contributed by atoms with E-state index in [0.29, 0.717) is 63.5 Å². The van der Waals surface area contributed by atoms with E-state index in [1.807, 2.05) is 24.3 Å². The first-order valence-corrected chi connectivity index (χ1v) is 9.65. The van der Waals surface area contributed by atoms with Gasteiger partial charge in [0, 0.05) is 26.2 Å². The van der Waals surface area contributed by atoms with E-state index < -0.39 is 6.10 Å². The molecule has 0 bridgehead atoms. The molecular weight excluding hydrogens is 384 g/mol. The van der Waals surface area contributed by atoms with E-state index in [4.69, 9.17) is 30.8 Å². The molecule has 0 saturated carbocycles. The molecule has 10 heteroatoms. The van der Waals surface area contributed by atoms with Crippen LogP contribution in [0, 0.1) is 4.84 Å². The van der Waals surface area contributed by atoms with Crippen LogP contribution in [0.25, 0.3) is 0 Å². The van der Waals surface area contributed by atoms with Crippen molar-refractivity contribution in [2.75, 3.05) is 39.4 Å². The van der Waals surface area contributed by atoms with Crippen LogP contribution in [0.3, 0.4) is 0 Å². The van der Waals surface area contributed by atoms with Crippen LogP contribution >= 0.6 is 12.2 Å². The molecule has 1 aromatic heterocycles. The number of nitrogens with zero attached hydrogens (tertiary/aromatic N) is 4. The highest BCUT2D eigenvalue weighted by Gasteiger charge is 2.28. The highest BCUT2D eigenvalue weighted by molar-refractivity contribution is 7.71. The van der Waals surface area contributed by atoms with E-state index in [0.717, 1.165) is 0 Å². The first-order valence-electron chi connectivity index (χ1n) is 9.24. The van der Waals surface area contributed by atoms with E-state index in [9.17, 15) is 4.79 Å². The molecule has 1 atom stereocenters. The fraction of sp³-hybridized carbons (Fsp3) is 0.500. The SMILES string of the molecule is CCOC(=O)N1CCN(Cn2nc([C@@H]3COc4ccccc4O3)oc2=S)CC1. The second-order valence-electron chi connectivity index (χ2n) is 6.52. The minimum Gasteiger partial charge on any atom is -0.485 e. The van der Waals surface area contributed by atoms with Gasteiger partial charge in [-0.2, -0.15) is 0 Å². The topological polar surface area (TPSA) is 82.2 Å². The van der Waals surface area contributed by atoms with Crippen LogP contribution in [0.2, 0.25) is 0 Å². The number of benzene rings is 1. The van der Waals surface area contributed by atoms with Crippen molar-refractivity contribution in [2.45, 2.75) is 19.7 Å². The van der Waals surface area contributed by atoms with Gasteiger partial charge in [-0.3, -0.25) is 4.90 Å². The summed E-state index contributed by atoms with van der Waals surface area (Å²) in [4.78, 5) is 15.9. The molecule has 0 spiro atoms. The van der Waals surface area contributed by atoms with E-state index in [1.165, 1.54) is 0 Å². The van der Waals surface area contributed by atoms with E-state index in [-0.39, 0.29) is 10.9 Å². The van der Waals surface area contributed by atoms with Crippen molar-refractivity contribution in [1.82, 2.24) is 19.6 Å². The number of hydrogen-bond acceptors (Lipinski definition) is 8. The molecule has 0 unspecified atom stereocenters. The van der Waals surface area contributed by atoms with E-state index in [2.05, 4.69) is 10.00 Å². The number of rotatable bonds is 4. The molecule has 28 heavy (non-hydrogen) atoms. The van der Waals surface area contributed by atoms with Crippen molar-refractivity contribution < 1.29 is 23.4 Å². The van der Waals surface area contributed by atoms with Crippen molar-refractivity contribution in [2.24, 2.45) is 0 Å². The fourth-order valence-corrected chi connectivity index (χ4v) is 3.34. The van der Waals surface area contributed by atoms with Gasteiger partial charge >= 0.3 is 6.09 Å². The zero-order valence-electron chi connectivity index (χ0n) is 15.6. The number of fused-ring (bicyclic) bond motifs is 1. The van der Waals surface area contributed by atoms with Crippen LogP contribution in [0.5, 0.6) is 11.5 Å². The molecule has 0 radical (unpaired) electrons. The van der Waals surface area contributed by atoms with Gasteiger partial charge in [-0.15, -0.1) is 5.10 Å². The van der Waals surface area contributed by atoms with Gasteiger partial charge in [0.25, 0.3) is 10.7 Å². The largest absolute Gasteiger partial charge is 0.485 e. The maximum Gasteiger partial charge on any atom is 0.409 e. The van der Waals surface area contributed by atoms with E-state index in [1.54, 1.807) is 16.5 Å². The van der Waals surface area contributed by atoms with Crippen molar-refractivity contribution in [1.29, 1.82) is 0 Å². The lowest BCUT2D eigenvalue weighted by molar-refractivity contribution is 0.0673. The summed E-state index contributed by atoms with van der Waals surface area (Å²) in [6, 6.07) is 7.48. The van der Waals surface area contributed by atoms with Crippen LogP contribution in [-0.2, 0) is 11.4 Å². The van der Waals surface area contributed by atoms with Gasteiger partial charge < -0.3 is 23.5 Å². The molecule has 3 heterocycles. The Morgan fingerprint density at radius 2 is 2.00 bits per heavy atom. The maximum atomic E-state index is 11.8. The Labute approximate surface area is 167 Å². The fourth-order valence-electron chi connectivity index (χ4n) is 3.16. The molecule has 1 amide bonds. The monoisotopic (exact) mass is 406 g/mol. The van der Waals surface area contributed by atoms with Crippen LogP contribution in [-0.4, -0.2) is 65.1 Å². The average molecular weight is 406 g/mol. The number of para-hydroxylation sites is 2. The quantitative estimate of drug-likeness (QED) is 0.716. The smallest absolute Gasteiger partial charge is 0.409 e. The molecule has 0 aliphatic carbocycles. The predicted octanol–water partition coefficient (Wildman–Crippen LogP) is 2.45. The Morgan fingerprint density at radius 1 is 1.25 bits per heavy atom. The minimum absolute atomic E-state index is 0.266. The number of aromatic nitrogens is 2. The van der Waals surface area contributed by atoms with Crippen molar-refractivity contribution in [3.05, 3.63) is 35.0 Å². The lowest BCUT2D eigenvalue weighted by Gasteiger charge is -2.33. The Balaban J connectivity index is 1.37. The predicted molar refractivity (Wildman–Crippen MR) is 101 cm³/mol. The molecule has 1 saturated heterocycles. The standard InChI is InChI=1S/C18H22N4O5S/c1-2-24-17(23)21-9-7-20(8-10-21)12-22-18(28)27-16(19-22)15-11-25-13-5-3-4-6-14(13)26-15/h3-6,15H,2,7-12H2,1H3/t15-/m0/s1.